The fraction of sp³-hybridized carbons (Fsp3) is 0.400. The van der Waals surface area contributed by atoms with Crippen molar-refractivity contribution in [2.24, 2.45) is 5.92 Å². The van der Waals surface area contributed by atoms with Crippen LogP contribution >= 0.6 is 23.2 Å². The quantitative estimate of drug-likeness (QED) is 0.836. The summed E-state index contributed by atoms with van der Waals surface area (Å²) in [5.74, 6) is -0.00308. The summed E-state index contributed by atoms with van der Waals surface area (Å²) >= 11 is 11.8. The fourth-order valence-electron chi connectivity index (χ4n) is 2.26. The number of carbonyl (C=O) groups excluding carboxylic acids is 1. The van der Waals surface area contributed by atoms with Gasteiger partial charge in [0.2, 0.25) is 5.91 Å². The maximum Gasteiger partial charge on any atom is 0.223 e. The molecule has 0 saturated carbocycles. The lowest BCUT2D eigenvalue weighted by Gasteiger charge is -2.19. The number of allylic oxidation sites excluding steroid dienone is 2. The molecule has 0 heterocycles. The first-order chi connectivity index (χ1) is 9.56. The Balaban J connectivity index is 1.89. The SMILES string of the molecule is O=C(NCC(O)c1cc(Cl)cc(Cl)c1)C1CC=CCC1. The average Bonchev–Trinajstić information content (AvgIpc) is 2.44. The predicted molar refractivity (Wildman–Crippen MR) is 80.9 cm³/mol. The molecule has 5 heteroatoms. The molecule has 1 aromatic carbocycles. The monoisotopic (exact) mass is 313 g/mol. The summed E-state index contributed by atoms with van der Waals surface area (Å²) < 4.78 is 0. The van der Waals surface area contributed by atoms with E-state index in [9.17, 15) is 9.90 Å². The Morgan fingerprint density at radius 1 is 1.30 bits per heavy atom. The molecule has 0 aliphatic heterocycles. The van der Waals surface area contributed by atoms with Gasteiger partial charge in [0, 0.05) is 22.5 Å². The molecular formula is C15H17Cl2NO2. The second kappa shape index (κ2) is 7.11. The van der Waals surface area contributed by atoms with Gasteiger partial charge in [0.1, 0.15) is 0 Å². The molecular weight excluding hydrogens is 297 g/mol. The minimum atomic E-state index is -0.811. The topological polar surface area (TPSA) is 49.3 Å². The van der Waals surface area contributed by atoms with E-state index in [0.717, 1.165) is 19.3 Å². The molecule has 1 aliphatic carbocycles. The normalized spacial score (nSPS) is 19.6. The Kier molecular flexibility index (Phi) is 5.46. The third-order valence-electron chi connectivity index (χ3n) is 3.38. The Hall–Kier alpha value is -1.03. The van der Waals surface area contributed by atoms with Gasteiger partial charge >= 0.3 is 0 Å². The molecule has 2 N–H and O–H groups in total. The van der Waals surface area contributed by atoms with Crippen LogP contribution in [0.15, 0.2) is 30.4 Å². The molecule has 0 fully saturated rings. The fourth-order valence-corrected chi connectivity index (χ4v) is 2.80. The van der Waals surface area contributed by atoms with Gasteiger partial charge in [0.05, 0.1) is 6.10 Å². The van der Waals surface area contributed by atoms with Crippen LogP contribution < -0.4 is 5.32 Å². The molecule has 3 nitrogen and oxygen atoms in total. The lowest BCUT2D eigenvalue weighted by atomic mass is 9.93. The van der Waals surface area contributed by atoms with Crippen molar-refractivity contribution in [1.29, 1.82) is 0 Å². The van der Waals surface area contributed by atoms with Gasteiger partial charge in [0.15, 0.2) is 0 Å². The summed E-state index contributed by atoms with van der Waals surface area (Å²) in [5, 5.41) is 13.8. The molecule has 0 bridgehead atoms. The number of carbonyl (C=O) groups is 1. The zero-order valence-electron chi connectivity index (χ0n) is 11.0. The van der Waals surface area contributed by atoms with Crippen molar-refractivity contribution >= 4 is 29.1 Å². The Morgan fingerprint density at radius 3 is 2.60 bits per heavy atom. The van der Waals surface area contributed by atoms with Crippen LogP contribution in [0.3, 0.4) is 0 Å². The average molecular weight is 314 g/mol. The Morgan fingerprint density at radius 2 is 2.00 bits per heavy atom. The molecule has 108 valence electrons. The molecule has 0 spiro atoms. The molecule has 0 radical (unpaired) electrons. The highest BCUT2D eigenvalue weighted by Crippen LogP contribution is 2.23. The summed E-state index contributed by atoms with van der Waals surface area (Å²) in [6.45, 7) is 0.162. The molecule has 20 heavy (non-hydrogen) atoms. The van der Waals surface area contributed by atoms with Crippen molar-refractivity contribution in [3.8, 4) is 0 Å². The van der Waals surface area contributed by atoms with Gasteiger partial charge < -0.3 is 10.4 Å². The lowest BCUT2D eigenvalue weighted by Crippen LogP contribution is -2.34. The van der Waals surface area contributed by atoms with Crippen LogP contribution in [-0.4, -0.2) is 17.6 Å². The van der Waals surface area contributed by atoms with Crippen LogP contribution in [-0.2, 0) is 4.79 Å². The number of aliphatic hydroxyl groups excluding tert-OH is 1. The minimum Gasteiger partial charge on any atom is -0.387 e. The third-order valence-corrected chi connectivity index (χ3v) is 3.82. The number of hydrogen-bond acceptors (Lipinski definition) is 2. The number of rotatable bonds is 4. The van der Waals surface area contributed by atoms with Crippen molar-refractivity contribution in [1.82, 2.24) is 5.32 Å². The van der Waals surface area contributed by atoms with Gasteiger partial charge in [-0.25, -0.2) is 0 Å². The number of halogens is 2. The summed E-state index contributed by atoms with van der Waals surface area (Å²) in [7, 11) is 0. The molecule has 1 aliphatic rings. The number of benzene rings is 1. The Bertz CT molecular complexity index is 496. The van der Waals surface area contributed by atoms with Crippen LogP contribution in [0.5, 0.6) is 0 Å². The van der Waals surface area contributed by atoms with Crippen molar-refractivity contribution in [3.63, 3.8) is 0 Å². The summed E-state index contributed by atoms with van der Waals surface area (Å²) in [5.41, 5.74) is 0.603. The van der Waals surface area contributed by atoms with Gasteiger partial charge in [-0.3, -0.25) is 4.79 Å². The van der Waals surface area contributed by atoms with Crippen molar-refractivity contribution in [2.75, 3.05) is 6.54 Å². The molecule has 1 aromatic rings. The van der Waals surface area contributed by atoms with Crippen LogP contribution in [0.4, 0.5) is 0 Å². The second-order valence-electron chi connectivity index (χ2n) is 4.95. The summed E-state index contributed by atoms with van der Waals surface area (Å²) in [4.78, 5) is 12.0. The maximum absolute atomic E-state index is 12.0. The highest BCUT2D eigenvalue weighted by Gasteiger charge is 2.19. The van der Waals surface area contributed by atoms with Gasteiger partial charge in [-0.05, 0) is 43.0 Å². The summed E-state index contributed by atoms with van der Waals surface area (Å²) in [6, 6.07) is 4.90. The van der Waals surface area contributed by atoms with Crippen LogP contribution in [0.2, 0.25) is 10.0 Å². The van der Waals surface area contributed by atoms with Crippen molar-refractivity contribution in [3.05, 3.63) is 46.0 Å². The molecule has 1 amide bonds. The lowest BCUT2D eigenvalue weighted by molar-refractivity contribution is -0.125. The molecule has 2 unspecified atom stereocenters. The molecule has 2 atom stereocenters. The summed E-state index contributed by atoms with van der Waals surface area (Å²) in [6.07, 6.45) is 5.87. The first-order valence-electron chi connectivity index (χ1n) is 6.63. The van der Waals surface area contributed by atoms with E-state index < -0.39 is 6.10 Å². The van der Waals surface area contributed by atoms with E-state index in [1.807, 2.05) is 6.08 Å². The molecule has 0 aromatic heterocycles. The molecule has 2 rings (SSSR count). The van der Waals surface area contributed by atoms with E-state index in [2.05, 4.69) is 11.4 Å². The van der Waals surface area contributed by atoms with Gasteiger partial charge in [-0.2, -0.15) is 0 Å². The maximum atomic E-state index is 12.0. The zero-order chi connectivity index (χ0) is 14.5. The van der Waals surface area contributed by atoms with Gasteiger partial charge in [0.25, 0.3) is 0 Å². The third kappa shape index (κ3) is 4.23. The van der Waals surface area contributed by atoms with Crippen LogP contribution in [0.25, 0.3) is 0 Å². The minimum absolute atomic E-state index is 0.00940. The Labute approximate surface area is 128 Å². The van der Waals surface area contributed by atoms with E-state index in [-0.39, 0.29) is 18.4 Å². The van der Waals surface area contributed by atoms with Gasteiger partial charge in [-0.15, -0.1) is 0 Å². The highest BCUT2D eigenvalue weighted by molar-refractivity contribution is 6.34. The molecule has 0 saturated heterocycles. The number of aliphatic hydroxyl groups is 1. The van der Waals surface area contributed by atoms with E-state index in [0.29, 0.717) is 15.6 Å². The standard InChI is InChI=1S/C15H17Cl2NO2/c16-12-6-11(7-13(17)8-12)14(19)9-18-15(20)10-4-2-1-3-5-10/h1-2,6-8,10,14,19H,3-5,9H2,(H,18,20). The second-order valence-corrected chi connectivity index (χ2v) is 5.82. The van der Waals surface area contributed by atoms with E-state index in [1.54, 1.807) is 18.2 Å². The van der Waals surface area contributed by atoms with Crippen LogP contribution in [0, 0.1) is 5.92 Å². The van der Waals surface area contributed by atoms with E-state index in [1.165, 1.54) is 0 Å². The zero-order valence-corrected chi connectivity index (χ0v) is 12.5. The van der Waals surface area contributed by atoms with E-state index in [4.69, 9.17) is 23.2 Å². The van der Waals surface area contributed by atoms with Crippen LogP contribution in [0.1, 0.15) is 30.9 Å². The first kappa shape index (κ1) is 15.4. The first-order valence-corrected chi connectivity index (χ1v) is 7.38. The predicted octanol–water partition coefficient (Wildman–Crippen LogP) is 3.50. The van der Waals surface area contributed by atoms with Crippen molar-refractivity contribution < 1.29 is 9.90 Å². The number of amides is 1. The smallest absolute Gasteiger partial charge is 0.223 e. The number of hydrogen-bond donors (Lipinski definition) is 2. The van der Waals surface area contributed by atoms with Crippen molar-refractivity contribution in [2.45, 2.75) is 25.4 Å². The van der Waals surface area contributed by atoms with E-state index >= 15 is 0 Å². The van der Waals surface area contributed by atoms with Gasteiger partial charge in [-0.1, -0.05) is 35.4 Å². The highest BCUT2D eigenvalue weighted by atomic mass is 35.5. The number of nitrogens with one attached hydrogen (secondary N) is 1. The largest absolute Gasteiger partial charge is 0.387 e.